The Morgan fingerprint density at radius 1 is 1.31 bits per heavy atom. The molecule has 0 aromatic heterocycles. The van der Waals surface area contributed by atoms with Crippen LogP contribution in [0, 0.1) is 18.6 Å². The van der Waals surface area contributed by atoms with Gasteiger partial charge in [0.25, 0.3) is 0 Å². The van der Waals surface area contributed by atoms with Gasteiger partial charge >= 0.3 is 0 Å². The SMILES string of the molecule is Cc1ccc([C@@H](N)CCCO)c(F)c1F.Cl. The highest BCUT2D eigenvalue weighted by atomic mass is 35.5. The van der Waals surface area contributed by atoms with Crippen molar-refractivity contribution in [1.29, 1.82) is 0 Å². The van der Waals surface area contributed by atoms with Crippen molar-refractivity contribution in [1.82, 2.24) is 0 Å². The van der Waals surface area contributed by atoms with Crippen LogP contribution in [0.1, 0.15) is 30.0 Å². The number of nitrogens with two attached hydrogens (primary N) is 1. The van der Waals surface area contributed by atoms with Crippen LogP contribution in [0.5, 0.6) is 0 Å². The molecule has 0 aliphatic carbocycles. The molecule has 1 aromatic rings. The molecule has 0 saturated carbocycles. The maximum absolute atomic E-state index is 13.4. The van der Waals surface area contributed by atoms with Crippen molar-refractivity contribution in [3.63, 3.8) is 0 Å². The Labute approximate surface area is 99.9 Å². The minimum absolute atomic E-state index is 0. The first kappa shape index (κ1) is 15.3. The van der Waals surface area contributed by atoms with E-state index in [1.807, 2.05) is 0 Å². The molecule has 0 fully saturated rings. The van der Waals surface area contributed by atoms with E-state index in [-0.39, 0.29) is 30.1 Å². The van der Waals surface area contributed by atoms with E-state index in [0.29, 0.717) is 12.8 Å². The Bertz CT molecular complexity index is 347. The summed E-state index contributed by atoms with van der Waals surface area (Å²) in [6.07, 6.45) is 0.923. The van der Waals surface area contributed by atoms with Gasteiger partial charge in [0.2, 0.25) is 0 Å². The van der Waals surface area contributed by atoms with E-state index in [1.54, 1.807) is 0 Å². The van der Waals surface area contributed by atoms with Crippen LogP contribution in [0.15, 0.2) is 12.1 Å². The van der Waals surface area contributed by atoms with E-state index in [2.05, 4.69) is 0 Å². The smallest absolute Gasteiger partial charge is 0.163 e. The standard InChI is InChI=1S/C11H15F2NO.ClH/c1-7-4-5-8(11(13)10(7)12)9(14)3-2-6-15;/h4-5,9,15H,2-3,6,14H2,1H3;1H/t9-;/m0./s1. The van der Waals surface area contributed by atoms with E-state index < -0.39 is 17.7 Å². The van der Waals surface area contributed by atoms with E-state index in [1.165, 1.54) is 19.1 Å². The van der Waals surface area contributed by atoms with Crippen LogP contribution in [-0.2, 0) is 0 Å². The van der Waals surface area contributed by atoms with Crippen molar-refractivity contribution >= 4 is 12.4 Å². The van der Waals surface area contributed by atoms with Gasteiger partial charge in [0.1, 0.15) is 0 Å². The molecule has 0 radical (unpaired) electrons. The predicted octanol–water partition coefficient (Wildman–Crippen LogP) is 2.47. The fourth-order valence-electron chi connectivity index (χ4n) is 1.41. The van der Waals surface area contributed by atoms with Crippen molar-refractivity contribution in [2.24, 2.45) is 5.73 Å². The Balaban J connectivity index is 0.00000225. The highest BCUT2D eigenvalue weighted by Gasteiger charge is 2.15. The number of benzene rings is 1. The molecular weight excluding hydrogens is 236 g/mol. The minimum atomic E-state index is -0.875. The average molecular weight is 252 g/mol. The summed E-state index contributed by atoms with van der Waals surface area (Å²) >= 11 is 0. The van der Waals surface area contributed by atoms with Crippen LogP contribution in [0.25, 0.3) is 0 Å². The summed E-state index contributed by atoms with van der Waals surface area (Å²) in [4.78, 5) is 0. The van der Waals surface area contributed by atoms with E-state index in [9.17, 15) is 8.78 Å². The Morgan fingerprint density at radius 3 is 2.50 bits per heavy atom. The first-order valence-electron chi connectivity index (χ1n) is 4.89. The molecule has 1 atom stereocenters. The topological polar surface area (TPSA) is 46.2 Å². The molecule has 0 spiro atoms. The number of hydrogen-bond donors (Lipinski definition) is 2. The van der Waals surface area contributed by atoms with Gasteiger partial charge in [-0.3, -0.25) is 0 Å². The summed E-state index contributed by atoms with van der Waals surface area (Å²) in [6, 6.07) is 2.44. The van der Waals surface area contributed by atoms with Gasteiger partial charge in [-0.1, -0.05) is 12.1 Å². The number of hydrogen-bond acceptors (Lipinski definition) is 2. The lowest BCUT2D eigenvalue weighted by molar-refractivity contribution is 0.279. The summed E-state index contributed by atoms with van der Waals surface area (Å²) in [5.74, 6) is -1.72. The summed E-state index contributed by atoms with van der Waals surface area (Å²) in [7, 11) is 0. The lowest BCUT2D eigenvalue weighted by atomic mass is 10.0. The number of halogens is 3. The van der Waals surface area contributed by atoms with Gasteiger partial charge in [-0.2, -0.15) is 0 Å². The third kappa shape index (κ3) is 3.40. The fraction of sp³-hybridized carbons (Fsp3) is 0.455. The quantitative estimate of drug-likeness (QED) is 0.864. The van der Waals surface area contributed by atoms with Gasteiger partial charge in [0.15, 0.2) is 11.6 Å². The Hall–Kier alpha value is -0.710. The largest absolute Gasteiger partial charge is 0.396 e. The van der Waals surface area contributed by atoms with Gasteiger partial charge in [-0.25, -0.2) is 8.78 Å². The Kier molecular flexibility index (Phi) is 6.48. The zero-order chi connectivity index (χ0) is 11.4. The van der Waals surface area contributed by atoms with Gasteiger partial charge < -0.3 is 10.8 Å². The summed E-state index contributed by atoms with van der Waals surface area (Å²) in [5, 5.41) is 8.61. The van der Waals surface area contributed by atoms with E-state index in [4.69, 9.17) is 10.8 Å². The number of aliphatic hydroxyl groups excluding tert-OH is 1. The molecule has 0 saturated heterocycles. The highest BCUT2D eigenvalue weighted by molar-refractivity contribution is 5.85. The molecule has 1 aromatic carbocycles. The molecular formula is C11H16ClF2NO. The molecule has 5 heteroatoms. The van der Waals surface area contributed by atoms with E-state index >= 15 is 0 Å². The first-order valence-corrected chi connectivity index (χ1v) is 4.89. The second-order valence-corrected chi connectivity index (χ2v) is 3.57. The van der Waals surface area contributed by atoms with Crippen LogP contribution in [0.4, 0.5) is 8.78 Å². The van der Waals surface area contributed by atoms with Crippen LogP contribution in [0.3, 0.4) is 0 Å². The lowest BCUT2D eigenvalue weighted by Crippen LogP contribution is -2.14. The van der Waals surface area contributed by atoms with Crippen LogP contribution in [-0.4, -0.2) is 11.7 Å². The third-order valence-electron chi connectivity index (χ3n) is 2.38. The molecule has 0 aliphatic heterocycles. The van der Waals surface area contributed by atoms with Gasteiger partial charge in [0, 0.05) is 18.2 Å². The second-order valence-electron chi connectivity index (χ2n) is 3.57. The van der Waals surface area contributed by atoms with Crippen LogP contribution >= 0.6 is 12.4 Å². The van der Waals surface area contributed by atoms with Crippen molar-refractivity contribution in [2.45, 2.75) is 25.8 Å². The zero-order valence-electron chi connectivity index (χ0n) is 9.04. The summed E-state index contributed by atoms with van der Waals surface area (Å²) in [6.45, 7) is 1.51. The maximum atomic E-state index is 13.4. The van der Waals surface area contributed by atoms with Crippen molar-refractivity contribution in [3.8, 4) is 0 Å². The van der Waals surface area contributed by atoms with Gasteiger partial charge in [-0.05, 0) is 25.3 Å². The number of rotatable bonds is 4. The predicted molar refractivity (Wildman–Crippen MR) is 61.6 cm³/mol. The van der Waals surface area contributed by atoms with Gasteiger partial charge in [-0.15, -0.1) is 12.4 Å². The van der Waals surface area contributed by atoms with Crippen LogP contribution < -0.4 is 5.73 Å². The van der Waals surface area contributed by atoms with Crippen molar-refractivity contribution in [2.75, 3.05) is 6.61 Å². The minimum Gasteiger partial charge on any atom is -0.396 e. The molecule has 0 bridgehead atoms. The van der Waals surface area contributed by atoms with Crippen molar-refractivity contribution < 1.29 is 13.9 Å². The number of aliphatic hydroxyl groups is 1. The summed E-state index contributed by atoms with van der Waals surface area (Å²) < 4.78 is 26.6. The molecule has 16 heavy (non-hydrogen) atoms. The number of aryl methyl sites for hydroxylation is 1. The summed E-state index contributed by atoms with van der Waals surface area (Å²) in [5.41, 5.74) is 6.12. The molecule has 92 valence electrons. The monoisotopic (exact) mass is 251 g/mol. The molecule has 0 aliphatic rings. The maximum Gasteiger partial charge on any atom is 0.163 e. The molecule has 2 nitrogen and oxygen atoms in total. The average Bonchev–Trinajstić information content (AvgIpc) is 2.23. The molecule has 1 rings (SSSR count). The molecule has 0 amide bonds. The third-order valence-corrected chi connectivity index (χ3v) is 2.38. The molecule has 3 N–H and O–H groups in total. The Morgan fingerprint density at radius 2 is 1.94 bits per heavy atom. The zero-order valence-corrected chi connectivity index (χ0v) is 9.86. The first-order chi connectivity index (χ1) is 7.07. The molecule has 0 heterocycles. The van der Waals surface area contributed by atoms with Crippen molar-refractivity contribution in [3.05, 3.63) is 34.9 Å². The van der Waals surface area contributed by atoms with Gasteiger partial charge in [0.05, 0.1) is 0 Å². The highest BCUT2D eigenvalue weighted by Crippen LogP contribution is 2.22. The fourth-order valence-corrected chi connectivity index (χ4v) is 1.41. The van der Waals surface area contributed by atoms with Crippen LogP contribution in [0.2, 0.25) is 0 Å². The normalized spacial score (nSPS) is 12.1. The molecule has 0 unspecified atom stereocenters. The lowest BCUT2D eigenvalue weighted by Gasteiger charge is -2.13. The van der Waals surface area contributed by atoms with E-state index in [0.717, 1.165) is 0 Å². The second kappa shape index (κ2) is 6.78.